The van der Waals surface area contributed by atoms with Crippen molar-refractivity contribution in [3.63, 3.8) is 0 Å². The number of rotatable bonds is 1. The first-order chi connectivity index (χ1) is 5.43. The second-order valence-corrected chi connectivity index (χ2v) is 1.69. The van der Waals surface area contributed by atoms with Crippen molar-refractivity contribution in [2.24, 2.45) is 0 Å². The van der Waals surface area contributed by atoms with E-state index in [0.717, 1.165) is 0 Å². The molecule has 1 aromatic heterocycles. The van der Waals surface area contributed by atoms with Crippen LogP contribution in [0.2, 0.25) is 0 Å². The molecule has 0 saturated carbocycles. The van der Waals surface area contributed by atoms with Crippen LogP contribution in [0, 0.1) is 0 Å². The van der Waals surface area contributed by atoms with Gasteiger partial charge in [0.2, 0.25) is 0 Å². The van der Waals surface area contributed by atoms with Crippen molar-refractivity contribution >= 4 is 5.97 Å². The summed E-state index contributed by atoms with van der Waals surface area (Å²) in [6, 6.07) is 0. The zero-order chi connectivity index (χ0) is 9.35. The van der Waals surface area contributed by atoms with Gasteiger partial charge in [-0.25, -0.2) is 4.79 Å². The molecule has 0 atom stereocenters. The van der Waals surface area contributed by atoms with Gasteiger partial charge in [0, 0.05) is 0 Å². The van der Waals surface area contributed by atoms with Gasteiger partial charge in [0.1, 0.15) is 0 Å². The van der Waals surface area contributed by atoms with Gasteiger partial charge >= 0.3 is 12.3 Å². The lowest BCUT2D eigenvalue weighted by atomic mass is 10.6. The standard InChI is InChI=1S/C3HF3N4O2/c4-3(5,6)10-1(2(11)12)7-8-9-10/h(H,11,12). The maximum atomic E-state index is 11.8. The first-order valence-electron chi connectivity index (χ1n) is 2.52. The molecule has 0 aliphatic rings. The highest BCUT2D eigenvalue weighted by Gasteiger charge is 2.37. The molecule has 1 heterocycles. The molecule has 1 N–H and O–H groups in total. The number of carboxylic acid groups (broad SMARTS) is 1. The normalized spacial score (nSPS) is 11.6. The van der Waals surface area contributed by atoms with Gasteiger partial charge < -0.3 is 5.11 Å². The summed E-state index contributed by atoms with van der Waals surface area (Å²) in [7, 11) is 0. The Morgan fingerprint density at radius 2 is 2.08 bits per heavy atom. The fourth-order valence-electron chi connectivity index (χ4n) is 0.491. The van der Waals surface area contributed by atoms with E-state index < -0.39 is 22.8 Å². The molecule has 0 spiro atoms. The zero-order valence-electron chi connectivity index (χ0n) is 5.28. The summed E-state index contributed by atoms with van der Waals surface area (Å²) in [5, 5.41) is 15.8. The van der Waals surface area contributed by atoms with E-state index in [1.165, 1.54) is 0 Å². The highest BCUT2D eigenvalue weighted by molar-refractivity contribution is 5.83. The molecule has 0 radical (unpaired) electrons. The van der Waals surface area contributed by atoms with Crippen LogP contribution in [0.15, 0.2) is 0 Å². The fraction of sp³-hybridized carbons (Fsp3) is 0.333. The van der Waals surface area contributed by atoms with Crippen molar-refractivity contribution in [2.75, 3.05) is 0 Å². The van der Waals surface area contributed by atoms with E-state index in [0.29, 0.717) is 0 Å². The van der Waals surface area contributed by atoms with E-state index in [4.69, 9.17) is 5.11 Å². The third-order valence-electron chi connectivity index (χ3n) is 0.901. The minimum Gasteiger partial charge on any atom is -0.475 e. The predicted molar refractivity (Wildman–Crippen MR) is 26.1 cm³/mol. The van der Waals surface area contributed by atoms with E-state index in [2.05, 4.69) is 15.5 Å². The number of aromatic carboxylic acids is 1. The highest BCUT2D eigenvalue weighted by Crippen LogP contribution is 2.21. The van der Waals surface area contributed by atoms with Crippen LogP contribution in [0.3, 0.4) is 0 Å². The van der Waals surface area contributed by atoms with Crippen LogP contribution in [0.5, 0.6) is 0 Å². The van der Waals surface area contributed by atoms with Gasteiger partial charge in [0.05, 0.1) is 0 Å². The lowest BCUT2D eigenvalue weighted by Crippen LogP contribution is -2.23. The number of alkyl halides is 3. The van der Waals surface area contributed by atoms with Crippen LogP contribution in [0.25, 0.3) is 0 Å². The van der Waals surface area contributed by atoms with Crippen molar-refractivity contribution < 1.29 is 23.1 Å². The van der Waals surface area contributed by atoms with Crippen LogP contribution >= 0.6 is 0 Å². The maximum Gasteiger partial charge on any atom is 0.508 e. The quantitative estimate of drug-likeness (QED) is 0.652. The molecule has 9 heteroatoms. The maximum absolute atomic E-state index is 11.8. The average molecular weight is 182 g/mol. The number of carbonyl (C=O) groups is 1. The van der Waals surface area contributed by atoms with E-state index in [-0.39, 0.29) is 0 Å². The molecule has 1 aromatic rings. The van der Waals surface area contributed by atoms with E-state index >= 15 is 0 Å². The SMILES string of the molecule is O=C(O)c1nnnn1C(F)(F)F. The Morgan fingerprint density at radius 1 is 1.50 bits per heavy atom. The topological polar surface area (TPSA) is 80.9 Å². The molecule has 66 valence electrons. The molecule has 0 saturated heterocycles. The molecule has 0 bridgehead atoms. The number of hydrogen-bond acceptors (Lipinski definition) is 4. The van der Waals surface area contributed by atoms with Gasteiger partial charge in [-0.05, 0) is 10.4 Å². The Balaban J connectivity index is 3.17. The lowest BCUT2D eigenvalue weighted by molar-refractivity contribution is -0.214. The Morgan fingerprint density at radius 3 is 2.42 bits per heavy atom. The van der Waals surface area contributed by atoms with Crippen molar-refractivity contribution in [3.05, 3.63) is 5.82 Å². The number of nitrogens with zero attached hydrogens (tertiary/aromatic N) is 4. The fourth-order valence-corrected chi connectivity index (χ4v) is 0.491. The van der Waals surface area contributed by atoms with Crippen LogP contribution < -0.4 is 0 Å². The van der Waals surface area contributed by atoms with Crippen molar-refractivity contribution in [1.82, 2.24) is 20.2 Å². The number of hydrogen-bond donors (Lipinski definition) is 1. The molecule has 0 aliphatic carbocycles. The molecule has 1 rings (SSSR count). The van der Waals surface area contributed by atoms with Crippen LogP contribution in [-0.4, -0.2) is 31.3 Å². The van der Waals surface area contributed by atoms with Gasteiger partial charge in [0.25, 0.3) is 5.82 Å². The zero-order valence-corrected chi connectivity index (χ0v) is 5.28. The highest BCUT2D eigenvalue weighted by atomic mass is 19.4. The second kappa shape index (κ2) is 2.43. The monoisotopic (exact) mass is 182 g/mol. The summed E-state index contributed by atoms with van der Waals surface area (Å²) in [4.78, 5) is 10.1. The van der Waals surface area contributed by atoms with E-state index in [1.54, 1.807) is 0 Å². The summed E-state index contributed by atoms with van der Waals surface area (Å²) < 4.78 is 34.7. The summed E-state index contributed by atoms with van der Waals surface area (Å²) in [6.45, 7) is 0. The molecule has 12 heavy (non-hydrogen) atoms. The van der Waals surface area contributed by atoms with E-state index in [9.17, 15) is 18.0 Å². The summed E-state index contributed by atoms with van der Waals surface area (Å²) in [5.41, 5.74) is 0. The first kappa shape index (κ1) is 8.43. The molecular formula is C3HF3N4O2. The lowest BCUT2D eigenvalue weighted by Gasteiger charge is -2.03. The summed E-state index contributed by atoms with van der Waals surface area (Å²) >= 11 is 0. The minimum absolute atomic E-state index is 0.727. The van der Waals surface area contributed by atoms with Gasteiger partial charge in [-0.15, -0.1) is 23.0 Å². The molecule has 0 aromatic carbocycles. The minimum atomic E-state index is -4.91. The average Bonchev–Trinajstić information content (AvgIpc) is 2.30. The Labute approximate surface area is 62.6 Å². The molecule has 0 aliphatic heterocycles. The van der Waals surface area contributed by atoms with Crippen LogP contribution in [0.4, 0.5) is 13.2 Å². The second-order valence-electron chi connectivity index (χ2n) is 1.69. The van der Waals surface area contributed by atoms with Gasteiger partial charge in [-0.2, -0.15) is 0 Å². The van der Waals surface area contributed by atoms with Crippen molar-refractivity contribution in [1.29, 1.82) is 0 Å². The Bertz CT molecular complexity index is 305. The summed E-state index contributed by atoms with van der Waals surface area (Å²) in [5.74, 6) is -3.10. The molecule has 0 fully saturated rings. The molecule has 0 amide bonds. The van der Waals surface area contributed by atoms with Crippen molar-refractivity contribution in [3.8, 4) is 0 Å². The van der Waals surface area contributed by atoms with Crippen LogP contribution in [-0.2, 0) is 6.30 Å². The number of carboxylic acids is 1. The molecular weight excluding hydrogens is 181 g/mol. The third-order valence-corrected chi connectivity index (χ3v) is 0.901. The van der Waals surface area contributed by atoms with Gasteiger partial charge in [-0.3, -0.25) is 0 Å². The predicted octanol–water partition coefficient (Wildman–Crippen LogP) is -0.152. The van der Waals surface area contributed by atoms with Gasteiger partial charge in [-0.1, -0.05) is 0 Å². The van der Waals surface area contributed by atoms with E-state index in [1.807, 2.05) is 0 Å². The number of halogens is 3. The largest absolute Gasteiger partial charge is 0.508 e. The Kier molecular flexibility index (Phi) is 1.70. The summed E-state index contributed by atoms with van der Waals surface area (Å²) in [6.07, 6.45) is -4.91. The van der Waals surface area contributed by atoms with Crippen LogP contribution in [0.1, 0.15) is 10.6 Å². The smallest absolute Gasteiger partial charge is 0.475 e. The first-order valence-corrected chi connectivity index (χ1v) is 2.52. The number of tetrazole rings is 1. The molecule has 0 unspecified atom stereocenters. The third kappa shape index (κ3) is 1.33. The number of aromatic nitrogens is 4. The van der Waals surface area contributed by atoms with Crippen molar-refractivity contribution in [2.45, 2.75) is 6.30 Å². The molecule has 6 nitrogen and oxygen atoms in total. The Hall–Kier alpha value is -1.67. The van der Waals surface area contributed by atoms with Gasteiger partial charge in [0.15, 0.2) is 0 Å².